The van der Waals surface area contributed by atoms with Crippen molar-refractivity contribution in [2.75, 3.05) is 44.2 Å². The molecule has 1 unspecified atom stereocenters. The standard InChI is InChI=1S/C24H34N4O4/c1-2-32-23(31)24(11-5-3-6-12-24)22(30)28-14-8-9-19(28)21(29)27-17-15-26(16-18-27)20-10-4-7-13-25-20/h4,7,10,13,19H,2-3,5-6,8-9,11-12,14-18H2,1H3. The summed E-state index contributed by atoms with van der Waals surface area (Å²) in [7, 11) is 0. The van der Waals surface area contributed by atoms with Crippen LogP contribution in [0.2, 0.25) is 0 Å². The molecule has 2 saturated heterocycles. The van der Waals surface area contributed by atoms with Gasteiger partial charge in [-0.05, 0) is 44.7 Å². The molecule has 1 aliphatic carbocycles. The van der Waals surface area contributed by atoms with Crippen LogP contribution in [0.3, 0.4) is 0 Å². The van der Waals surface area contributed by atoms with Gasteiger partial charge in [-0.15, -0.1) is 0 Å². The van der Waals surface area contributed by atoms with E-state index in [9.17, 15) is 14.4 Å². The molecule has 0 aromatic carbocycles. The number of anilines is 1. The third-order valence-electron chi connectivity index (χ3n) is 7.15. The Hall–Kier alpha value is -2.64. The minimum atomic E-state index is -1.12. The van der Waals surface area contributed by atoms with Crippen molar-refractivity contribution >= 4 is 23.6 Å². The van der Waals surface area contributed by atoms with Crippen molar-refractivity contribution in [1.82, 2.24) is 14.8 Å². The monoisotopic (exact) mass is 442 g/mol. The maximum atomic E-state index is 13.7. The second kappa shape index (κ2) is 9.88. The predicted octanol–water partition coefficient (Wildman–Crippen LogP) is 2.23. The summed E-state index contributed by atoms with van der Waals surface area (Å²) in [6.07, 6.45) is 6.96. The van der Waals surface area contributed by atoms with Crippen LogP contribution in [0.15, 0.2) is 24.4 Å². The molecule has 3 aliphatic rings. The predicted molar refractivity (Wildman–Crippen MR) is 120 cm³/mol. The van der Waals surface area contributed by atoms with Crippen LogP contribution in [-0.2, 0) is 19.1 Å². The van der Waals surface area contributed by atoms with Gasteiger partial charge in [0.25, 0.3) is 0 Å². The number of aromatic nitrogens is 1. The number of ether oxygens (including phenoxy) is 1. The van der Waals surface area contributed by atoms with Gasteiger partial charge in [0.05, 0.1) is 6.61 Å². The van der Waals surface area contributed by atoms with Crippen LogP contribution in [0.1, 0.15) is 51.9 Å². The van der Waals surface area contributed by atoms with Crippen LogP contribution < -0.4 is 4.90 Å². The van der Waals surface area contributed by atoms with Crippen molar-refractivity contribution in [3.05, 3.63) is 24.4 Å². The van der Waals surface area contributed by atoms with Crippen molar-refractivity contribution in [1.29, 1.82) is 0 Å². The maximum absolute atomic E-state index is 13.7. The van der Waals surface area contributed by atoms with Gasteiger partial charge in [-0.2, -0.15) is 0 Å². The molecule has 0 bridgehead atoms. The van der Waals surface area contributed by atoms with E-state index in [0.29, 0.717) is 38.9 Å². The van der Waals surface area contributed by atoms with Gasteiger partial charge in [-0.3, -0.25) is 14.4 Å². The molecule has 0 radical (unpaired) electrons. The lowest BCUT2D eigenvalue weighted by Crippen LogP contribution is -2.57. The molecule has 8 heteroatoms. The van der Waals surface area contributed by atoms with E-state index in [2.05, 4.69) is 9.88 Å². The highest BCUT2D eigenvalue weighted by Gasteiger charge is 2.52. The number of pyridine rings is 1. The van der Waals surface area contributed by atoms with Gasteiger partial charge in [0.15, 0.2) is 0 Å². The van der Waals surface area contributed by atoms with Crippen molar-refractivity contribution in [2.45, 2.75) is 57.9 Å². The molecule has 3 fully saturated rings. The van der Waals surface area contributed by atoms with E-state index in [1.165, 1.54) is 0 Å². The van der Waals surface area contributed by atoms with Gasteiger partial charge in [0.1, 0.15) is 17.3 Å². The smallest absolute Gasteiger partial charge is 0.321 e. The second-order valence-electron chi connectivity index (χ2n) is 9.02. The van der Waals surface area contributed by atoms with E-state index in [1.807, 2.05) is 23.1 Å². The van der Waals surface area contributed by atoms with Crippen LogP contribution in [0.4, 0.5) is 5.82 Å². The van der Waals surface area contributed by atoms with Crippen molar-refractivity contribution < 1.29 is 19.1 Å². The fraction of sp³-hybridized carbons (Fsp3) is 0.667. The normalized spacial score (nSPS) is 23.2. The molecule has 3 heterocycles. The Labute approximate surface area is 189 Å². The molecule has 1 aromatic rings. The Morgan fingerprint density at radius 2 is 1.78 bits per heavy atom. The molecule has 0 N–H and O–H groups in total. The highest BCUT2D eigenvalue weighted by molar-refractivity contribution is 6.04. The minimum Gasteiger partial charge on any atom is -0.465 e. The number of nitrogens with zero attached hydrogens (tertiary/aromatic N) is 4. The molecular formula is C24H34N4O4. The Balaban J connectivity index is 1.44. The molecule has 1 aromatic heterocycles. The largest absolute Gasteiger partial charge is 0.465 e. The zero-order chi connectivity index (χ0) is 22.6. The molecule has 1 saturated carbocycles. The summed E-state index contributed by atoms with van der Waals surface area (Å²) in [6, 6.07) is 5.36. The molecule has 0 spiro atoms. The topological polar surface area (TPSA) is 83.0 Å². The molecule has 32 heavy (non-hydrogen) atoms. The van der Waals surface area contributed by atoms with E-state index in [4.69, 9.17) is 4.74 Å². The van der Waals surface area contributed by atoms with Gasteiger partial charge in [-0.25, -0.2) is 4.98 Å². The minimum absolute atomic E-state index is 0.00587. The SMILES string of the molecule is CCOC(=O)C1(C(=O)N2CCCC2C(=O)N2CCN(c3ccccn3)CC2)CCCCC1. The lowest BCUT2D eigenvalue weighted by Gasteiger charge is -2.40. The van der Waals surface area contributed by atoms with Crippen LogP contribution in [-0.4, -0.2) is 77.9 Å². The van der Waals surface area contributed by atoms with E-state index >= 15 is 0 Å². The van der Waals surface area contributed by atoms with Crippen LogP contribution >= 0.6 is 0 Å². The third kappa shape index (κ3) is 4.32. The second-order valence-corrected chi connectivity index (χ2v) is 9.02. The molecule has 4 rings (SSSR count). The number of hydrogen-bond donors (Lipinski definition) is 0. The van der Waals surface area contributed by atoms with Gasteiger partial charge in [0, 0.05) is 38.9 Å². The number of carbonyl (C=O) groups excluding carboxylic acids is 3. The van der Waals surface area contributed by atoms with Crippen LogP contribution in [0.25, 0.3) is 0 Å². The highest BCUT2D eigenvalue weighted by atomic mass is 16.5. The zero-order valence-electron chi connectivity index (χ0n) is 19.0. The number of piperazine rings is 1. The number of likely N-dealkylation sites (tertiary alicyclic amines) is 1. The number of esters is 1. The molecule has 2 aliphatic heterocycles. The first-order valence-corrected chi connectivity index (χ1v) is 12.0. The summed E-state index contributed by atoms with van der Waals surface area (Å²) in [6.45, 7) is 5.22. The Morgan fingerprint density at radius 3 is 2.44 bits per heavy atom. The van der Waals surface area contributed by atoms with Gasteiger partial charge >= 0.3 is 5.97 Å². The Morgan fingerprint density at radius 1 is 1.03 bits per heavy atom. The maximum Gasteiger partial charge on any atom is 0.321 e. The summed E-state index contributed by atoms with van der Waals surface area (Å²) in [5.41, 5.74) is -1.12. The van der Waals surface area contributed by atoms with E-state index in [1.54, 1.807) is 18.0 Å². The summed E-state index contributed by atoms with van der Waals surface area (Å²) >= 11 is 0. The lowest BCUT2D eigenvalue weighted by molar-refractivity contribution is -0.169. The van der Waals surface area contributed by atoms with Crippen molar-refractivity contribution in [3.63, 3.8) is 0 Å². The molecule has 174 valence electrons. The number of rotatable bonds is 5. The number of hydrogen-bond acceptors (Lipinski definition) is 6. The van der Waals surface area contributed by atoms with Crippen molar-refractivity contribution in [2.24, 2.45) is 5.41 Å². The summed E-state index contributed by atoms with van der Waals surface area (Å²) < 4.78 is 5.34. The van der Waals surface area contributed by atoms with E-state index in [-0.39, 0.29) is 18.4 Å². The van der Waals surface area contributed by atoms with Gasteiger partial charge in [-0.1, -0.05) is 25.3 Å². The van der Waals surface area contributed by atoms with E-state index in [0.717, 1.165) is 44.6 Å². The number of amides is 2. The summed E-state index contributed by atoms with van der Waals surface area (Å²) in [5.74, 6) is 0.322. The molecular weight excluding hydrogens is 408 g/mol. The number of carbonyl (C=O) groups is 3. The van der Waals surface area contributed by atoms with E-state index < -0.39 is 17.4 Å². The van der Waals surface area contributed by atoms with Gasteiger partial charge in [0.2, 0.25) is 11.8 Å². The first-order chi connectivity index (χ1) is 15.6. The Kier molecular flexibility index (Phi) is 6.96. The highest BCUT2D eigenvalue weighted by Crippen LogP contribution is 2.41. The summed E-state index contributed by atoms with van der Waals surface area (Å²) in [4.78, 5) is 50.2. The molecule has 8 nitrogen and oxygen atoms in total. The van der Waals surface area contributed by atoms with Gasteiger partial charge < -0.3 is 19.4 Å². The zero-order valence-corrected chi connectivity index (χ0v) is 19.0. The summed E-state index contributed by atoms with van der Waals surface area (Å²) in [5, 5.41) is 0. The molecule has 1 atom stereocenters. The van der Waals surface area contributed by atoms with Crippen LogP contribution in [0, 0.1) is 5.41 Å². The average molecular weight is 443 g/mol. The third-order valence-corrected chi connectivity index (χ3v) is 7.15. The fourth-order valence-electron chi connectivity index (χ4n) is 5.38. The lowest BCUT2D eigenvalue weighted by atomic mass is 9.72. The van der Waals surface area contributed by atoms with Crippen LogP contribution in [0.5, 0.6) is 0 Å². The quantitative estimate of drug-likeness (QED) is 0.514. The first-order valence-electron chi connectivity index (χ1n) is 12.0. The fourth-order valence-corrected chi connectivity index (χ4v) is 5.38. The first kappa shape index (κ1) is 22.6. The average Bonchev–Trinajstić information content (AvgIpc) is 3.34. The molecule has 2 amide bonds. The van der Waals surface area contributed by atoms with Crippen molar-refractivity contribution in [3.8, 4) is 0 Å². The Bertz CT molecular complexity index is 817.